The lowest BCUT2D eigenvalue weighted by molar-refractivity contribution is 0.284. The number of rotatable bonds is 8. The van der Waals surface area contributed by atoms with Crippen LogP contribution in [0.2, 0.25) is 0 Å². The Hall–Kier alpha value is -3.16. The topological polar surface area (TPSA) is 55.7 Å². The van der Waals surface area contributed by atoms with Crippen molar-refractivity contribution >= 4 is 34.0 Å². The van der Waals surface area contributed by atoms with Crippen molar-refractivity contribution in [3.05, 3.63) is 82.6 Å². The molecule has 0 aliphatic carbocycles. The van der Waals surface area contributed by atoms with Gasteiger partial charge >= 0.3 is 0 Å². The second-order valence-electron chi connectivity index (χ2n) is 6.07. The number of nitrogens with one attached hydrogen (secondary N) is 1. The van der Waals surface area contributed by atoms with Crippen molar-refractivity contribution in [2.75, 3.05) is 12.5 Å². The fourth-order valence-corrected chi connectivity index (χ4v) is 4.06. The quantitative estimate of drug-likeness (QED) is 0.284. The lowest BCUT2D eigenvalue weighted by atomic mass is 10.2. The zero-order valence-corrected chi connectivity index (χ0v) is 17.4. The Labute approximate surface area is 177 Å². The minimum atomic E-state index is 0.489. The lowest BCUT2D eigenvalue weighted by Gasteiger charge is -2.11. The number of thiophene rings is 1. The van der Waals surface area contributed by atoms with Crippen LogP contribution in [-0.4, -0.2) is 18.3 Å². The van der Waals surface area contributed by atoms with E-state index < -0.39 is 0 Å². The summed E-state index contributed by atoms with van der Waals surface area (Å²) in [6, 6.07) is 19.8. The first-order chi connectivity index (χ1) is 14.3. The maximum Gasteiger partial charge on any atom is 0.203 e. The van der Waals surface area contributed by atoms with E-state index in [1.165, 1.54) is 11.3 Å². The Morgan fingerprint density at radius 2 is 1.93 bits per heavy atom. The molecule has 29 heavy (non-hydrogen) atoms. The lowest BCUT2D eigenvalue weighted by Crippen LogP contribution is -1.98. The summed E-state index contributed by atoms with van der Waals surface area (Å²) < 4.78 is 11.4. The van der Waals surface area contributed by atoms with Crippen LogP contribution in [0.15, 0.2) is 76.5 Å². The van der Waals surface area contributed by atoms with E-state index in [2.05, 4.69) is 21.6 Å². The second kappa shape index (κ2) is 9.36. The van der Waals surface area contributed by atoms with Crippen LogP contribution in [-0.2, 0) is 6.61 Å². The monoisotopic (exact) mass is 421 g/mol. The van der Waals surface area contributed by atoms with E-state index in [4.69, 9.17) is 9.47 Å². The zero-order chi connectivity index (χ0) is 19.9. The summed E-state index contributed by atoms with van der Waals surface area (Å²) in [6.45, 7) is 0.489. The average molecular weight is 422 g/mol. The molecule has 0 unspecified atom stereocenters. The van der Waals surface area contributed by atoms with Gasteiger partial charge in [0.1, 0.15) is 6.61 Å². The highest BCUT2D eigenvalue weighted by Crippen LogP contribution is 2.29. The van der Waals surface area contributed by atoms with Crippen molar-refractivity contribution in [2.45, 2.75) is 6.61 Å². The van der Waals surface area contributed by atoms with E-state index >= 15 is 0 Å². The van der Waals surface area contributed by atoms with E-state index in [0.717, 1.165) is 26.8 Å². The molecule has 0 saturated carbocycles. The number of hydrogen-bond donors (Lipinski definition) is 1. The molecule has 5 nitrogen and oxygen atoms in total. The van der Waals surface area contributed by atoms with Gasteiger partial charge in [-0.2, -0.15) is 5.10 Å². The predicted molar refractivity (Wildman–Crippen MR) is 120 cm³/mol. The molecule has 0 aliphatic heterocycles. The Morgan fingerprint density at radius 1 is 1.03 bits per heavy atom. The zero-order valence-electron chi connectivity index (χ0n) is 15.7. The van der Waals surface area contributed by atoms with Gasteiger partial charge in [-0.3, -0.25) is 5.43 Å². The molecule has 0 atom stereocenters. The molecule has 0 aliphatic rings. The molecular weight excluding hydrogens is 402 g/mol. The normalized spacial score (nSPS) is 10.9. The molecule has 4 rings (SSSR count). The summed E-state index contributed by atoms with van der Waals surface area (Å²) in [5.41, 5.74) is 5.95. The number of benzene rings is 2. The number of hydrazone groups is 1. The van der Waals surface area contributed by atoms with Crippen LogP contribution in [0, 0.1) is 0 Å². The van der Waals surface area contributed by atoms with Crippen molar-refractivity contribution in [3.8, 4) is 22.1 Å². The Kier molecular flexibility index (Phi) is 6.19. The number of thiazole rings is 1. The summed E-state index contributed by atoms with van der Waals surface area (Å²) >= 11 is 3.19. The standard InChI is InChI=1S/C22H19N3O2S2/c1-26-20-12-17(9-10-19(20)27-14-16-6-3-2-4-7-16)13-23-25-22-24-18(15-29-22)21-8-5-11-28-21/h2-13,15H,14H2,1H3,(H,24,25)/b23-13-. The van der Waals surface area contributed by atoms with Crippen LogP contribution in [0.4, 0.5) is 5.13 Å². The summed E-state index contributed by atoms with van der Waals surface area (Å²) in [7, 11) is 1.63. The first kappa shape index (κ1) is 19.2. The minimum absolute atomic E-state index is 0.489. The van der Waals surface area contributed by atoms with Gasteiger partial charge in [0.25, 0.3) is 0 Å². The molecule has 0 spiro atoms. The molecule has 0 bridgehead atoms. The molecule has 2 aromatic heterocycles. The Morgan fingerprint density at radius 3 is 2.72 bits per heavy atom. The molecule has 0 amide bonds. The summed E-state index contributed by atoms with van der Waals surface area (Å²) in [5.74, 6) is 1.36. The largest absolute Gasteiger partial charge is 0.493 e. The van der Waals surface area contributed by atoms with Gasteiger partial charge in [0.05, 0.1) is 23.9 Å². The maximum atomic E-state index is 5.89. The van der Waals surface area contributed by atoms with Crippen molar-refractivity contribution in [2.24, 2.45) is 5.10 Å². The fourth-order valence-electron chi connectivity index (χ4n) is 2.64. The third-order valence-corrected chi connectivity index (χ3v) is 5.72. The smallest absolute Gasteiger partial charge is 0.203 e. The van der Waals surface area contributed by atoms with Crippen molar-refractivity contribution in [3.63, 3.8) is 0 Å². The molecule has 0 radical (unpaired) electrons. The molecule has 146 valence electrons. The van der Waals surface area contributed by atoms with Crippen LogP contribution >= 0.6 is 22.7 Å². The van der Waals surface area contributed by atoms with E-state index in [9.17, 15) is 0 Å². The van der Waals surface area contributed by atoms with Crippen molar-refractivity contribution in [1.82, 2.24) is 4.98 Å². The number of nitrogens with zero attached hydrogens (tertiary/aromatic N) is 2. The van der Waals surface area contributed by atoms with Crippen LogP contribution in [0.25, 0.3) is 10.6 Å². The van der Waals surface area contributed by atoms with E-state index in [1.807, 2.05) is 65.4 Å². The number of hydrogen-bond acceptors (Lipinski definition) is 7. The van der Waals surface area contributed by atoms with Crippen molar-refractivity contribution in [1.29, 1.82) is 0 Å². The first-order valence-electron chi connectivity index (χ1n) is 8.95. The molecule has 7 heteroatoms. The maximum absolute atomic E-state index is 5.89. The summed E-state index contributed by atoms with van der Waals surface area (Å²) in [4.78, 5) is 5.69. The molecule has 0 saturated heterocycles. The van der Waals surface area contributed by atoms with Crippen LogP contribution in [0.1, 0.15) is 11.1 Å². The van der Waals surface area contributed by atoms with Crippen LogP contribution in [0.5, 0.6) is 11.5 Å². The molecule has 2 aromatic carbocycles. The molecule has 4 aromatic rings. The molecule has 0 fully saturated rings. The highest BCUT2D eigenvalue weighted by atomic mass is 32.1. The van der Waals surface area contributed by atoms with Gasteiger partial charge in [-0.15, -0.1) is 22.7 Å². The van der Waals surface area contributed by atoms with Gasteiger partial charge in [0, 0.05) is 5.38 Å². The highest BCUT2D eigenvalue weighted by molar-refractivity contribution is 7.15. The Balaban J connectivity index is 1.38. The first-order valence-corrected chi connectivity index (χ1v) is 10.7. The summed E-state index contributed by atoms with van der Waals surface area (Å²) in [5, 5.41) is 9.10. The number of methoxy groups -OCH3 is 1. The molecule has 2 heterocycles. The van der Waals surface area contributed by atoms with Crippen molar-refractivity contribution < 1.29 is 9.47 Å². The molecular formula is C22H19N3O2S2. The van der Waals surface area contributed by atoms with Crippen LogP contribution < -0.4 is 14.9 Å². The third-order valence-electron chi connectivity index (χ3n) is 4.08. The number of aromatic nitrogens is 1. The molecule has 1 N–H and O–H groups in total. The summed E-state index contributed by atoms with van der Waals surface area (Å²) in [6.07, 6.45) is 1.73. The number of ether oxygens (including phenoxy) is 2. The van der Waals surface area contributed by atoms with Gasteiger partial charge in [-0.05, 0) is 40.8 Å². The van der Waals surface area contributed by atoms with Gasteiger partial charge < -0.3 is 9.47 Å². The van der Waals surface area contributed by atoms with Gasteiger partial charge in [0.15, 0.2) is 11.5 Å². The fraction of sp³-hybridized carbons (Fsp3) is 0.0909. The minimum Gasteiger partial charge on any atom is -0.493 e. The average Bonchev–Trinajstić information content (AvgIpc) is 3.45. The Bertz CT molecular complexity index is 1080. The van der Waals surface area contributed by atoms with E-state index in [0.29, 0.717) is 18.1 Å². The SMILES string of the molecule is COc1cc(/C=N\Nc2nc(-c3cccs3)cs2)ccc1OCc1ccccc1. The van der Waals surface area contributed by atoms with E-state index in [1.54, 1.807) is 24.7 Å². The highest BCUT2D eigenvalue weighted by Gasteiger charge is 2.06. The van der Waals surface area contributed by atoms with Gasteiger partial charge in [0.2, 0.25) is 5.13 Å². The van der Waals surface area contributed by atoms with E-state index in [-0.39, 0.29) is 0 Å². The number of anilines is 1. The second-order valence-corrected chi connectivity index (χ2v) is 7.88. The predicted octanol–water partition coefficient (Wildman–Crippen LogP) is 5.91. The van der Waals surface area contributed by atoms with Crippen LogP contribution in [0.3, 0.4) is 0 Å². The van der Waals surface area contributed by atoms with Gasteiger partial charge in [-0.25, -0.2) is 4.98 Å². The van der Waals surface area contributed by atoms with Gasteiger partial charge in [-0.1, -0.05) is 36.4 Å². The third kappa shape index (κ3) is 5.01.